The molecule has 25 heavy (non-hydrogen) atoms. The number of anilines is 1. The molecule has 0 radical (unpaired) electrons. The molecule has 1 aromatic carbocycles. The fraction of sp³-hybridized carbons (Fsp3) is 0.562. The maximum absolute atomic E-state index is 13.2. The molecule has 0 amide bonds. The van der Waals surface area contributed by atoms with Gasteiger partial charge < -0.3 is 5.11 Å². The molecule has 5 atom stereocenters. The van der Waals surface area contributed by atoms with E-state index in [4.69, 9.17) is 5.26 Å². The first-order valence-electron chi connectivity index (χ1n) is 7.98. The van der Waals surface area contributed by atoms with Crippen LogP contribution in [0.1, 0.15) is 24.0 Å². The number of alkyl halides is 3. The van der Waals surface area contributed by atoms with Gasteiger partial charge in [-0.1, -0.05) is 0 Å². The number of benzene rings is 1. The van der Waals surface area contributed by atoms with Crippen LogP contribution < -0.4 is 4.31 Å². The van der Waals surface area contributed by atoms with Crippen molar-refractivity contribution in [1.82, 2.24) is 0 Å². The largest absolute Gasteiger partial charge is 0.417 e. The molecular formula is C16H17F3N2O3S. The molecule has 1 saturated heterocycles. The number of rotatable bonds is 1. The Balaban J connectivity index is 1.73. The predicted octanol–water partition coefficient (Wildman–Crippen LogP) is 3.45. The topological polar surface area (TPSA) is 87.7 Å². The number of nitrogens with zero attached hydrogens (tertiary/aromatic N) is 2. The van der Waals surface area contributed by atoms with Gasteiger partial charge in [0, 0.05) is 18.4 Å². The smallest absolute Gasteiger partial charge is 0.393 e. The van der Waals surface area contributed by atoms with Crippen LogP contribution in [0.3, 0.4) is 0 Å². The van der Waals surface area contributed by atoms with E-state index >= 15 is 0 Å². The number of hydrogen-bond acceptors (Lipinski definition) is 5. The van der Waals surface area contributed by atoms with Crippen molar-refractivity contribution in [1.29, 1.82) is 5.26 Å². The highest BCUT2D eigenvalue weighted by Crippen LogP contribution is 2.69. The minimum atomic E-state index is -4.70. The van der Waals surface area contributed by atoms with Gasteiger partial charge in [0.2, 0.25) is 0 Å². The average Bonchev–Trinajstić information content (AvgIpc) is 3.15. The fourth-order valence-electron chi connectivity index (χ4n) is 4.83. The van der Waals surface area contributed by atoms with E-state index in [9.17, 15) is 27.4 Å². The molecule has 1 aromatic rings. The second-order valence-electron chi connectivity index (χ2n) is 7.05. The lowest BCUT2D eigenvalue weighted by Crippen LogP contribution is -2.36. The highest BCUT2D eigenvalue weighted by molar-refractivity contribution is 8.26. The lowest BCUT2D eigenvalue weighted by Gasteiger charge is -2.45. The molecule has 2 aliphatic carbocycles. The number of hydrogen-bond donors (Lipinski definition) is 3. The van der Waals surface area contributed by atoms with Gasteiger partial charge in [-0.15, -0.1) is 10.8 Å². The van der Waals surface area contributed by atoms with Gasteiger partial charge in [-0.3, -0.25) is 13.4 Å². The molecule has 4 rings (SSSR count). The Hall–Kier alpha value is -1.47. The molecule has 3 N–H and O–H groups in total. The number of fused-ring (bicyclic) bond motifs is 5. The van der Waals surface area contributed by atoms with Gasteiger partial charge in [0.15, 0.2) is 0 Å². The molecule has 1 aliphatic heterocycles. The van der Waals surface area contributed by atoms with Gasteiger partial charge in [-0.2, -0.15) is 18.4 Å². The molecule has 5 nitrogen and oxygen atoms in total. The summed E-state index contributed by atoms with van der Waals surface area (Å²) in [7, 11) is -3.34. The first kappa shape index (κ1) is 17.0. The zero-order valence-corrected chi connectivity index (χ0v) is 13.8. The van der Waals surface area contributed by atoms with Crippen molar-refractivity contribution in [2.24, 2.45) is 17.8 Å². The lowest BCUT2D eigenvalue weighted by atomic mass is 9.87. The van der Waals surface area contributed by atoms with Crippen molar-refractivity contribution in [3.8, 4) is 6.07 Å². The van der Waals surface area contributed by atoms with Crippen LogP contribution in [0.2, 0.25) is 0 Å². The summed E-state index contributed by atoms with van der Waals surface area (Å²) in [5, 5.41) is 18.4. The van der Waals surface area contributed by atoms with E-state index < -0.39 is 39.4 Å². The summed E-state index contributed by atoms with van der Waals surface area (Å²) in [5.41, 5.74) is -1.53. The standard InChI is InChI=1S/C16H17F3N2O3S/c17-16(18,19)13-5-10(2-1-8(13)6-20)21-7-12-9-3-11(14(22)4-9)15(12)25(21,23)24/h1-2,5,9,11-12,14-15,22-24H,3-4,7H2/t9-,11+,12+,14-,15-/m1/s1. The average molecular weight is 374 g/mol. The van der Waals surface area contributed by atoms with E-state index in [0.717, 1.165) is 18.6 Å². The second kappa shape index (κ2) is 5.27. The predicted molar refractivity (Wildman–Crippen MR) is 85.9 cm³/mol. The number of aliphatic hydroxyl groups is 1. The minimum Gasteiger partial charge on any atom is -0.393 e. The molecule has 1 heterocycles. The monoisotopic (exact) mass is 374 g/mol. The van der Waals surface area contributed by atoms with Gasteiger partial charge in [0.25, 0.3) is 0 Å². The summed E-state index contributed by atoms with van der Waals surface area (Å²) in [6, 6.07) is 4.71. The van der Waals surface area contributed by atoms with Crippen molar-refractivity contribution in [2.75, 3.05) is 10.8 Å². The molecule has 0 unspecified atom stereocenters. The molecule has 0 aromatic heterocycles. The Morgan fingerprint density at radius 1 is 1.20 bits per heavy atom. The number of halogens is 3. The van der Waals surface area contributed by atoms with Crippen LogP contribution >= 0.6 is 10.8 Å². The fourth-order valence-corrected chi connectivity index (χ4v) is 7.47. The molecule has 9 heteroatoms. The molecule has 2 bridgehead atoms. The van der Waals surface area contributed by atoms with Crippen LogP contribution in [0.15, 0.2) is 18.2 Å². The molecule has 2 saturated carbocycles. The summed E-state index contributed by atoms with van der Waals surface area (Å²) in [5.74, 6) is -0.0875. The molecule has 0 spiro atoms. The van der Waals surface area contributed by atoms with Gasteiger partial charge in [-0.25, -0.2) is 0 Å². The minimum absolute atomic E-state index is 0.0385. The van der Waals surface area contributed by atoms with Crippen molar-refractivity contribution in [3.05, 3.63) is 29.3 Å². The lowest BCUT2D eigenvalue weighted by molar-refractivity contribution is -0.137. The Bertz CT molecular complexity index is 764. The molecule has 3 fully saturated rings. The van der Waals surface area contributed by atoms with Crippen molar-refractivity contribution in [3.63, 3.8) is 0 Å². The highest BCUT2D eigenvalue weighted by atomic mass is 32.3. The zero-order valence-electron chi connectivity index (χ0n) is 13.0. The van der Waals surface area contributed by atoms with Crippen LogP contribution in [0, 0.1) is 29.1 Å². The van der Waals surface area contributed by atoms with E-state index in [0.29, 0.717) is 6.42 Å². The van der Waals surface area contributed by atoms with Crippen molar-refractivity contribution in [2.45, 2.75) is 30.4 Å². The Kier molecular flexibility index (Phi) is 3.57. The molecule has 3 aliphatic rings. The first-order valence-corrected chi connectivity index (χ1v) is 9.55. The first-order chi connectivity index (χ1) is 11.6. The highest BCUT2D eigenvalue weighted by Gasteiger charge is 2.62. The maximum atomic E-state index is 13.2. The summed E-state index contributed by atoms with van der Waals surface area (Å²) in [4.78, 5) is 0. The third-order valence-corrected chi connectivity index (χ3v) is 8.28. The van der Waals surface area contributed by atoms with Gasteiger partial charge in [0.05, 0.1) is 34.2 Å². The van der Waals surface area contributed by atoms with Crippen LogP contribution in [0.25, 0.3) is 0 Å². The third-order valence-electron chi connectivity index (χ3n) is 5.85. The molecular weight excluding hydrogens is 357 g/mol. The zero-order chi connectivity index (χ0) is 18.1. The quantitative estimate of drug-likeness (QED) is 0.701. The van der Waals surface area contributed by atoms with E-state index in [-0.39, 0.29) is 30.0 Å². The van der Waals surface area contributed by atoms with E-state index in [1.165, 1.54) is 16.4 Å². The normalized spacial score (nSPS) is 37.0. The number of nitriles is 1. The van der Waals surface area contributed by atoms with Crippen molar-refractivity contribution < 1.29 is 27.4 Å². The van der Waals surface area contributed by atoms with Gasteiger partial charge >= 0.3 is 6.18 Å². The van der Waals surface area contributed by atoms with Crippen molar-refractivity contribution >= 4 is 16.5 Å². The third kappa shape index (κ3) is 2.35. The summed E-state index contributed by atoms with van der Waals surface area (Å²) < 4.78 is 62.3. The number of aliphatic hydroxyl groups excluding tert-OH is 1. The van der Waals surface area contributed by atoms with E-state index in [1.807, 2.05) is 0 Å². The molecule has 136 valence electrons. The SMILES string of the molecule is N#Cc1ccc(N2C[C@H]3[C@@H]4C[C@H]([C@H]3S2(O)O)[C@H](O)C4)cc1C(F)(F)F. The van der Waals surface area contributed by atoms with Gasteiger partial charge in [-0.05, 0) is 37.0 Å². The Morgan fingerprint density at radius 2 is 1.92 bits per heavy atom. The maximum Gasteiger partial charge on any atom is 0.417 e. The van der Waals surface area contributed by atoms with Crippen LogP contribution in [0.4, 0.5) is 18.9 Å². The van der Waals surface area contributed by atoms with E-state index in [1.54, 1.807) is 0 Å². The van der Waals surface area contributed by atoms with E-state index in [2.05, 4.69) is 0 Å². The Labute approximate surface area is 144 Å². The summed E-state index contributed by atoms with van der Waals surface area (Å²) in [6.07, 6.45) is -3.93. The van der Waals surface area contributed by atoms with Crippen LogP contribution in [-0.2, 0) is 6.18 Å². The van der Waals surface area contributed by atoms with Crippen LogP contribution in [-0.4, -0.2) is 32.1 Å². The summed E-state index contributed by atoms with van der Waals surface area (Å²) >= 11 is 0. The van der Waals surface area contributed by atoms with Crippen LogP contribution in [0.5, 0.6) is 0 Å². The Morgan fingerprint density at radius 3 is 2.56 bits per heavy atom. The summed E-state index contributed by atoms with van der Waals surface area (Å²) in [6.45, 7) is 0.254. The second-order valence-corrected chi connectivity index (χ2v) is 9.16. The van der Waals surface area contributed by atoms with Gasteiger partial charge in [0.1, 0.15) is 0 Å².